The highest BCUT2D eigenvalue weighted by molar-refractivity contribution is 5.77. The van der Waals surface area contributed by atoms with Gasteiger partial charge in [-0.1, -0.05) is 6.92 Å². The Labute approximate surface area is 96.1 Å². The van der Waals surface area contributed by atoms with E-state index in [1.807, 2.05) is 6.92 Å². The predicted molar refractivity (Wildman–Crippen MR) is 58.2 cm³/mol. The van der Waals surface area contributed by atoms with E-state index >= 15 is 0 Å². The molecule has 0 bridgehead atoms. The lowest BCUT2D eigenvalue weighted by Gasteiger charge is -2.23. The topological polar surface area (TPSA) is 61.8 Å². The molecular formula is C11H20O5. The summed E-state index contributed by atoms with van der Waals surface area (Å²) in [6.07, 6.45) is -1.47. The number of ether oxygens (including phenoxy) is 3. The molecule has 94 valence electrons. The maximum absolute atomic E-state index is 11.2. The van der Waals surface area contributed by atoms with E-state index in [1.54, 1.807) is 34.6 Å². The molecule has 0 heterocycles. The zero-order valence-electron chi connectivity index (χ0n) is 10.7. The van der Waals surface area contributed by atoms with Crippen LogP contribution >= 0.6 is 0 Å². The van der Waals surface area contributed by atoms with Crippen molar-refractivity contribution in [1.82, 2.24) is 0 Å². The molecule has 5 heteroatoms. The van der Waals surface area contributed by atoms with Crippen LogP contribution in [0.15, 0.2) is 0 Å². The van der Waals surface area contributed by atoms with Gasteiger partial charge in [0.15, 0.2) is 0 Å². The van der Waals surface area contributed by atoms with Gasteiger partial charge in [0.2, 0.25) is 0 Å². The van der Waals surface area contributed by atoms with Crippen LogP contribution in [0.1, 0.15) is 48.0 Å². The van der Waals surface area contributed by atoms with E-state index in [4.69, 9.17) is 9.47 Å². The summed E-state index contributed by atoms with van der Waals surface area (Å²) >= 11 is 0. The van der Waals surface area contributed by atoms with Gasteiger partial charge in [-0.2, -0.15) is 0 Å². The van der Waals surface area contributed by atoms with E-state index in [9.17, 15) is 9.59 Å². The molecule has 0 aliphatic heterocycles. The Hall–Kier alpha value is -1.26. The van der Waals surface area contributed by atoms with Crippen LogP contribution in [-0.2, 0) is 14.2 Å². The number of hydrogen-bond donors (Lipinski definition) is 0. The summed E-state index contributed by atoms with van der Waals surface area (Å²) in [6.45, 7) is 10.3. The minimum atomic E-state index is -1.05. The predicted octanol–water partition coefficient (Wildman–Crippen LogP) is 3.26. The lowest BCUT2D eigenvalue weighted by molar-refractivity contribution is -0.0351. The molecule has 0 saturated carbocycles. The minimum Gasteiger partial charge on any atom is -0.428 e. The Balaban J connectivity index is 4.12. The first kappa shape index (κ1) is 14.7. The van der Waals surface area contributed by atoms with Gasteiger partial charge in [0.05, 0.1) is 0 Å². The Morgan fingerprint density at radius 2 is 1.38 bits per heavy atom. The second-order valence-electron chi connectivity index (χ2n) is 5.03. The molecule has 0 N–H and O–H groups in total. The van der Waals surface area contributed by atoms with E-state index in [0.717, 1.165) is 0 Å². The molecule has 0 aromatic rings. The monoisotopic (exact) mass is 232 g/mol. The fourth-order valence-corrected chi connectivity index (χ4v) is 0.657. The van der Waals surface area contributed by atoms with E-state index in [0.29, 0.717) is 6.42 Å². The maximum atomic E-state index is 11.2. The quantitative estimate of drug-likeness (QED) is 0.540. The average molecular weight is 232 g/mol. The van der Waals surface area contributed by atoms with Crippen molar-refractivity contribution >= 4 is 12.3 Å². The third kappa shape index (κ3) is 7.09. The Morgan fingerprint density at radius 1 is 0.938 bits per heavy atom. The number of carbonyl (C=O) groups is 2. The molecule has 16 heavy (non-hydrogen) atoms. The summed E-state index contributed by atoms with van der Waals surface area (Å²) in [5.74, 6) is 0. The Morgan fingerprint density at radius 3 is 1.75 bits per heavy atom. The van der Waals surface area contributed by atoms with Gasteiger partial charge in [-0.3, -0.25) is 0 Å². The Bertz CT molecular complexity index is 262. The maximum Gasteiger partial charge on any atom is 0.519 e. The third-order valence-corrected chi connectivity index (χ3v) is 1.77. The average Bonchev–Trinajstić information content (AvgIpc) is 1.98. The highest BCUT2D eigenvalue weighted by atomic mass is 16.8. The van der Waals surface area contributed by atoms with Crippen molar-refractivity contribution in [2.75, 3.05) is 0 Å². The van der Waals surface area contributed by atoms with Crippen LogP contribution in [0, 0.1) is 0 Å². The fourth-order valence-electron chi connectivity index (χ4n) is 0.657. The molecule has 0 radical (unpaired) electrons. The molecule has 0 aromatic heterocycles. The third-order valence-electron chi connectivity index (χ3n) is 1.77. The van der Waals surface area contributed by atoms with Gasteiger partial charge in [-0.05, 0) is 41.0 Å². The van der Waals surface area contributed by atoms with Crippen molar-refractivity contribution < 1.29 is 23.8 Å². The second kappa shape index (κ2) is 5.18. The largest absolute Gasteiger partial charge is 0.519 e. The van der Waals surface area contributed by atoms with Crippen molar-refractivity contribution in [1.29, 1.82) is 0 Å². The minimum absolute atomic E-state index is 0.621. The van der Waals surface area contributed by atoms with Crippen LogP contribution in [0.2, 0.25) is 0 Å². The van der Waals surface area contributed by atoms with Gasteiger partial charge in [0.1, 0.15) is 11.2 Å². The van der Waals surface area contributed by atoms with Crippen molar-refractivity contribution in [3.63, 3.8) is 0 Å². The number of rotatable bonds is 2. The van der Waals surface area contributed by atoms with Crippen LogP contribution in [0.25, 0.3) is 0 Å². The summed E-state index contributed by atoms with van der Waals surface area (Å²) in [6, 6.07) is 0. The summed E-state index contributed by atoms with van der Waals surface area (Å²) in [4.78, 5) is 22.3. The van der Waals surface area contributed by atoms with Crippen molar-refractivity contribution in [2.24, 2.45) is 0 Å². The first-order valence-corrected chi connectivity index (χ1v) is 5.19. The summed E-state index contributed by atoms with van der Waals surface area (Å²) in [7, 11) is 0. The van der Waals surface area contributed by atoms with Crippen LogP contribution in [0.4, 0.5) is 9.59 Å². The standard InChI is InChI=1S/C11H20O5/c1-7-11(5,6)16-9(13)14-8(12)15-10(2,3)4/h7H2,1-6H3. The molecule has 0 spiro atoms. The zero-order valence-corrected chi connectivity index (χ0v) is 10.7. The first-order chi connectivity index (χ1) is 7.06. The highest BCUT2D eigenvalue weighted by Crippen LogP contribution is 2.15. The SMILES string of the molecule is CCC(C)(C)OC(=O)OC(=O)OC(C)(C)C. The number of hydrogen-bond acceptors (Lipinski definition) is 5. The summed E-state index contributed by atoms with van der Waals surface area (Å²) in [5, 5.41) is 0. The first-order valence-electron chi connectivity index (χ1n) is 5.19. The summed E-state index contributed by atoms with van der Waals surface area (Å²) in [5.41, 5.74) is -1.35. The zero-order chi connectivity index (χ0) is 13.0. The summed E-state index contributed by atoms with van der Waals surface area (Å²) < 4.78 is 14.0. The molecule has 0 rings (SSSR count). The Kier molecular flexibility index (Phi) is 4.78. The van der Waals surface area contributed by atoms with Crippen LogP contribution in [-0.4, -0.2) is 23.5 Å². The molecule has 0 amide bonds. The fraction of sp³-hybridized carbons (Fsp3) is 0.818. The molecule has 0 aliphatic rings. The van der Waals surface area contributed by atoms with Crippen LogP contribution < -0.4 is 0 Å². The van der Waals surface area contributed by atoms with Gasteiger partial charge in [0, 0.05) is 0 Å². The van der Waals surface area contributed by atoms with Gasteiger partial charge in [-0.25, -0.2) is 9.59 Å². The van der Waals surface area contributed by atoms with E-state index in [2.05, 4.69) is 4.74 Å². The molecular weight excluding hydrogens is 212 g/mol. The van der Waals surface area contributed by atoms with E-state index < -0.39 is 23.5 Å². The van der Waals surface area contributed by atoms with Crippen molar-refractivity contribution in [2.45, 2.75) is 59.2 Å². The van der Waals surface area contributed by atoms with Gasteiger partial charge in [-0.15, -0.1) is 0 Å². The molecule has 0 saturated heterocycles. The molecule has 0 aromatic carbocycles. The van der Waals surface area contributed by atoms with E-state index in [1.165, 1.54) is 0 Å². The van der Waals surface area contributed by atoms with Crippen LogP contribution in [0.3, 0.4) is 0 Å². The van der Waals surface area contributed by atoms with Gasteiger partial charge >= 0.3 is 12.3 Å². The van der Waals surface area contributed by atoms with Gasteiger partial charge in [0.25, 0.3) is 0 Å². The van der Waals surface area contributed by atoms with Crippen molar-refractivity contribution in [3.05, 3.63) is 0 Å². The van der Waals surface area contributed by atoms with E-state index in [-0.39, 0.29) is 0 Å². The second-order valence-corrected chi connectivity index (χ2v) is 5.03. The molecule has 5 nitrogen and oxygen atoms in total. The highest BCUT2D eigenvalue weighted by Gasteiger charge is 2.26. The smallest absolute Gasteiger partial charge is 0.428 e. The molecule has 0 aliphatic carbocycles. The molecule has 0 fully saturated rings. The molecule has 0 unspecified atom stereocenters. The van der Waals surface area contributed by atoms with Crippen LogP contribution in [0.5, 0.6) is 0 Å². The van der Waals surface area contributed by atoms with Crippen molar-refractivity contribution in [3.8, 4) is 0 Å². The normalized spacial score (nSPS) is 11.9. The molecule has 0 atom stereocenters. The number of carbonyl (C=O) groups excluding carboxylic acids is 2. The lowest BCUT2D eigenvalue weighted by atomic mass is 10.1. The lowest BCUT2D eigenvalue weighted by Crippen LogP contribution is -2.31. The van der Waals surface area contributed by atoms with Gasteiger partial charge < -0.3 is 14.2 Å².